The topological polar surface area (TPSA) is 113 Å². The number of piperidine rings is 1. The number of aromatic nitrogens is 4. The molecule has 1 aromatic rings. The standard InChI is InChI=1S/C12H20N6O3/c1-12(2,3)21-11(20)18-6-4-5-8(7-18)9(19)13-10-14-16-17-15-10/h8H,4-7H2,1-3H3,(H2,13,14,15,16,17,19). The van der Waals surface area contributed by atoms with Crippen molar-refractivity contribution in [2.45, 2.75) is 39.2 Å². The monoisotopic (exact) mass is 296 g/mol. The summed E-state index contributed by atoms with van der Waals surface area (Å²) in [6.07, 6.45) is 1.08. The highest BCUT2D eigenvalue weighted by atomic mass is 16.6. The van der Waals surface area contributed by atoms with Gasteiger partial charge in [0.1, 0.15) is 5.60 Å². The first-order valence-electron chi connectivity index (χ1n) is 6.87. The van der Waals surface area contributed by atoms with E-state index in [1.807, 2.05) is 20.8 Å². The molecule has 0 saturated carbocycles. The van der Waals surface area contributed by atoms with Crippen LogP contribution in [0.4, 0.5) is 10.7 Å². The molecule has 9 nitrogen and oxygen atoms in total. The normalized spacial score (nSPS) is 19.2. The largest absolute Gasteiger partial charge is 0.444 e. The number of carbonyl (C=O) groups excluding carboxylic acids is 2. The van der Waals surface area contributed by atoms with Crippen LogP contribution in [0.3, 0.4) is 0 Å². The Morgan fingerprint density at radius 1 is 1.43 bits per heavy atom. The van der Waals surface area contributed by atoms with Crippen LogP contribution in [0, 0.1) is 5.92 Å². The Kier molecular flexibility index (Phi) is 4.39. The fourth-order valence-corrected chi connectivity index (χ4v) is 2.11. The molecule has 1 aromatic heterocycles. The Hall–Kier alpha value is -2.19. The van der Waals surface area contributed by atoms with Crippen LogP contribution in [0.15, 0.2) is 0 Å². The van der Waals surface area contributed by atoms with Crippen molar-refractivity contribution in [3.8, 4) is 0 Å². The minimum Gasteiger partial charge on any atom is -0.444 e. The highest BCUT2D eigenvalue weighted by Crippen LogP contribution is 2.20. The molecule has 0 aromatic carbocycles. The average Bonchev–Trinajstić information content (AvgIpc) is 2.90. The van der Waals surface area contributed by atoms with Crippen LogP contribution in [0.2, 0.25) is 0 Å². The number of H-pyrrole nitrogens is 1. The smallest absolute Gasteiger partial charge is 0.410 e. The zero-order valence-corrected chi connectivity index (χ0v) is 12.4. The second-order valence-electron chi connectivity index (χ2n) is 5.99. The molecule has 21 heavy (non-hydrogen) atoms. The van der Waals surface area contributed by atoms with Gasteiger partial charge in [0.2, 0.25) is 5.91 Å². The molecule has 1 aliphatic rings. The lowest BCUT2D eigenvalue weighted by Crippen LogP contribution is -2.45. The van der Waals surface area contributed by atoms with Gasteiger partial charge in [-0.2, -0.15) is 5.21 Å². The van der Waals surface area contributed by atoms with E-state index in [1.54, 1.807) is 4.90 Å². The minimum absolute atomic E-state index is 0.134. The number of hydrogen-bond donors (Lipinski definition) is 2. The van der Waals surface area contributed by atoms with Gasteiger partial charge in [-0.15, -0.1) is 5.10 Å². The van der Waals surface area contributed by atoms with Crippen molar-refractivity contribution in [2.75, 3.05) is 18.4 Å². The first-order valence-corrected chi connectivity index (χ1v) is 6.87. The molecule has 1 fully saturated rings. The fourth-order valence-electron chi connectivity index (χ4n) is 2.11. The summed E-state index contributed by atoms with van der Waals surface area (Å²) in [6, 6.07) is 0. The Morgan fingerprint density at radius 3 is 2.81 bits per heavy atom. The van der Waals surface area contributed by atoms with Crippen molar-refractivity contribution in [2.24, 2.45) is 5.92 Å². The van der Waals surface area contributed by atoms with Gasteiger partial charge in [-0.25, -0.2) is 4.79 Å². The molecule has 1 atom stereocenters. The van der Waals surface area contributed by atoms with E-state index in [0.717, 1.165) is 6.42 Å². The molecule has 0 radical (unpaired) electrons. The predicted octanol–water partition coefficient (Wildman–Crippen LogP) is 0.785. The van der Waals surface area contributed by atoms with Crippen LogP contribution >= 0.6 is 0 Å². The first-order chi connectivity index (χ1) is 9.85. The zero-order chi connectivity index (χ0) is 15.5. The number of aromatic amines is 1. The van der Waals surface area contributed by atoms with Gasteiger partial charge in [0, 0.05) is 13.1 Å². The van der Waals surface area contributed by atoms with E-state index >= 15 is 0 Å². The van der Waals surface area contributed by atoms with Crippen molar-refractivity contribution in [3.63, 3.8) is 0 Å². The van der Waals surface area contributed by atoms with E-state index in [9.17, 15) is 9.59 Å². The number of carbonyl (C=O) groups is 2. The summed E-state index contributed by atoms with van der Waals surface area (Å²) < 4.78 is 5.33. The van der Waals surface area contributed by atoms with Crippen LogP contribution in [-0.4, -0.2) is 56.2 Å². The predicted molar refractivity (Wildman–Crippen MR) is 73.3 cm³/mol. The highest BCUT2D eigenvalue weighted by molar-refractivity contribution is 5.91. The Morgan fingerprint density at radius 2 is 2.19 bits per heavy atom. The summed E-state index contributed by atoms with van der Waals surface area (Å²) in [5.41, 5.74) is -0.545. The number of tetrazole rings is 1. The van der Waals surface area contributed by atoms with Gasteiger partial charge in [0.25, 0.3) is 5.95 Å². The number of hydrogen-bond acceptors (Lipinski definition) is 6. The molecule has 0 bridgehead atoms. The lowest BCUT2D eigenvalue weighted by Gasteiger charge is -2.33. The molecule has 2 N–H and O–H groups in total. The van der Waals surface area contributed by atoms with Crippen LogP contribution in [0.1, 0.15) is 33.6 Å². The number of rotatable bonds is 2. The molecule has 0 aliphatic carbocycles. The molecular formula is C12H20N6O3. The molecule has 2 heterocycles. The van der Waals surface area contributed by atoms with E-state index in [0.29, 0.717) is 19.5 Å². The Labute approximate surface area is 122 Å². The Balaban J connectivity index is 1.91. The van der Waals surface area contributed by atoms with E-state index < -0.39 is 5.60 Å². The summed E-state index contributed by atoms with van der Waals surface area (Å²) in [5.74, 6) is -0.385. The van der Waals surface area contributed by atoms with Crippen LogP contribution in [0.5, 0.6) is 0 Å². The SMILES string of the molecule is CC(C)(C)OC(=O)N1CCCC(C(=O)Nc2nn[nH]n2)C1. The lowest BCUT2D eigenvalue weighted by molar-refractivity contribution is -0.121. The molecule has 1 aliphatic heterocycles. The summed E-state index contributed by atoms with van der Waals surface area (Å²) in [5, 5.41) is 15.5. The van der Waals surface area contributed by atoms with Crippen LogP contribution < -0.4 is 5.32 Å². The van der Waals surface area contributed by atoms with Crippen molar-refractivity contribution >= 4 is 17.9 Å². The van der Waals surface area contributed by atoms with E-state index in [4.69, 9.17) is 4.74 Å². The van der Waals surface area contributed by atoms with Crippen molar-refractivity contribution in [1.82, 2.24) is 25.5 Å². The molecular weight excluding hydrogens is 276 g/mol. The molecule has 2 rings (SSSR count). The van der Waals surface area contributed by atoms with E-state index in [-0.39, 0.29) is 23.9 Å². The van der Waals surface area contributed by atoms with Crippen LogP contribution in [-0.2, 0) is 9.53 Å². The molecule has 9 heteroatoms. The maximum Gasteiger partial charge on any atom is 0.410 e. The maximum atomic E-state index is 12.1. The number of nitrogens with zero attached hydrogens (tertiary/aromatic N) is 4. The van der Waals surface area contributed by atoms with Crippen molar-refractivity contribution in [1.29, 1.82) is 0 Å². The second kappa shape index (κ2) is 6.06. The third-order valence-corrected chi connectivity index (χ3v) is 3.02. The lowest BCUT2D eigenvalue weighted by atomic mass is 9.97. The molecule has 1 unspecified atom stereocenters. The van der Waals surface area contributed by atoms with Gasteiger partial charge in [0.05, 0.1) is 5.92 Å². The number of anilines is 1. The van der Waals surface area contributed by atoms with E-state index in [2.05, 4.69) is 25.9 Å². The maximum absolute atomic E-state index is 12.1. The van der Waals surface area contributed by atoms with Gasteiger partial charge in [-0.05, 0) is 38.8 Å². The number of amides is 2. The summed E-state index contributed by atoms with van der Waals surface area (Å²) in [4.78, 5) is 25.7. The quantitative estimate of drug-likeness (QED) is 0.834. The molecule has 0 spiro atoms. The average molecular weight is 296 g/mol. The highest BCUT2D eigenvalue weighted by Gasteiger charge is 2.31. The third kappa shape index (κ3) is 4.40. The number of nitrogens with one attached hydrogen (secondary N) is 2. The zero-order valence-electron chi connectivity index (χ0n) is 12.4. The third-order valence-electron chi connectivity index (χ3n) is 3.02. The van der Waals surface area contributed by atoms with Gasteiger partial charge >= 0.3 is 6.09 Å². The Bertz CT molecular complexity index is 496. The number of ether oxygens (including phenoxy) is 1. The van der Waals surface area contributed by atoms with Gasteiger partial charge < -0.3 is 9.64 Å². The fraction of sp³-hybridized carbons (Fsp3) is 0.750. The molecule has 2 amide bonds. The van der Waals surface area contributed by atoms with Gasteiger partial charge in [-0.3, -0.25) is 10.1 Å². The molecule has 1 saturated heterocycles. The second-order valence-corrected chi connectivity index (χ2v) is 5.99. The van der Waals surface area contributed by atoms with E-state index in [1.165, 1.54) is 0 Å². The van der Waals surface area contributed by atoms with Crippen LogP contribution in [0.25, 0.3) is 0 Å². The number of likely N-dealkylation sites (tertiary alicyclic amines) is 1. The minimum atomic E-state index is -0.545. The summed E-state index contributed by atoms with van der Waals surface area (Å²) >= 11 is 0. The summed E-state index contributed by atoms with van der Waals surface area (Å²) in [6.45, 7) is 6.37. The van der Waals surface area contributed by atoms with Gasteiger partial charge in [0.15, 0.2) is 0 Å². The first kappa shape index (κ1) is 15.2. The van der Waals surface area contributed by atoms with Gasteiger partial charge in [-0.1, -0.05) is 5.10 Å². The summed E-state index contributed by atoms with van der Waals surface area (Å²) in [7, 11) is 0. The van der Waals surface area contributed by atoms with Crippen molar-refractivity contribution < 1.29 is 14.3 Å². The molecule has 116 valence electrons. The van der Waals surface area contributed by atoms with Crippen molar-refractivity contribution in [3.05, 3.63) is 0 Å².